The molecule has 0 aliphatic rings. The first kappa shape index (κ1) is 12.5. The van der Waals surface area contributed by atoms with Crippen LogP contribution in [0.15, 0.2) is 54.7 Å². The summed E-state index contributed by atoms with van der Waals surface area (Å²) in [6.07, 6.45) is 1.86. The summed E-state index contributed by atoms with van der Waals surface area (Å²) >= 11 is 1.80. The zero-order chi connectivity index (χ0) is 15.8. The third-order valence-corrected chi connectivity index (χ3v) is 5.94. The van der Waals surface area contributed by atoms with E-state index in [9.17, 15) is 0 Å². The summed E-state index contributed by atoms with van der Waals surface area (Å²) in [5.41, 5.74) is 5.68. The summed E-state index contributed by atoms with van der Waals surface area (Å²) in [6.45, 7) is 0. The molecule has 0 saturated carbocycles. The van der Waals surface area contributed by atoms with Crippen molar-refractivity contribution in [3.63, 3.8) is 0 Å². The summed E-state index contributed by atoms with van der Waals surface area (Å²) in [7, 11) is 2.08. The lowest BCUT2D eigenvalue weighted by Crippen LogP contribution is -1.87. The molecule has 0 aliphatic heterocycles. The van der Waals surface area contributed by atoms with Crippen LogP contribution in [0.3, 0.4) is 0 Å². The van der Waals surface area contributed by atoms with E-state index in [1.54, 1.807) is 11.3 Å². The summed E-state index contributed by atoms with van der Waals surface area (Å²) in [4.78, 5) is 9.47. The zero-order valence-electron chi connectivity index (χ0n) is 12.9. The predicted molar refractivity (Wildman–Crippen MR) is 99.9 cm³/mol. The normalized spacial score (nSPS) is 12.4. The molecule has 5 heteroatoms. The van der Waals surface area contributed by atoms with Crippen LogP contribution in [0.1, 0.15) is 0 Å². The highest BCUT2D eigenvalue weighted by atomic mass is 32.1. The molecule has 0 aliphatic carbocycles. The largest absolute Gasteiger partial charge is 0.313 e. The van der Waals surface area contributed by atoms with Gasteiger partial charge in [-0.2, -0.15) is 0 Å². The topological polar surface area (TPSA) is 35.1 Å². The number of hydrogen-bond acceptors (Lipinski definition) is 3. The first-order chi connectivity index (χ1) is 11.8. The van der Waals surface area contributed by atoms with Crippen molar-refractivity contribution >= 4 is 59.5 Å². The van der Waals surface area contributed by atoms with Gasteiger partial charge in [-0.25, -0.2) is 4.98 Å². The number of imidazole rings is 2. The summed E-state index contributed by atoms with van der Waals surface area (Å²) in [5.74, 6) is 0.976. The lowest BCUT2D eigenvalue weighted by molar-refractivity contribution is 0.974. The number of thiophene rings is 1. The third kappa shape index (κ3) is 1.35. The molecule has 0 atom stereocenters. The maximum Gasteiger partial charge on any atom is 0.215 e. The van der Waals surface area contributed by atoms with E-state index in [1.807, 2.05) is 12.3 Å². The van der Waals surface area contributed by atoms with Crippen LogP contribution in [0.5, 0.6) is 0 Å². The molecule has 0 unspecified atom stereocenters. The van der Waals surface area contributed by atoms with Crippen LogP contribution in [0, 0.1) is 0 Å². The van der Waals surface area contributed by atoms with E-state index < -0.39 is 0 Å². The standard InChI is InChI=1S/C19H12N4S/c1-22-13-5-2-3-6-14(13)23-17-12(21-19(22)23)9-8-11-16-15(24-18(11)17)7-4-10-20-16/h2-10H,1H3. The molecule has 0 fully saturated rings. The Hall–Kier alpha value is -2.92. The van der Waals surface area contributed by atoms with Gasteiger partial charge in [0.05, 0.1) is 37.0 Å². The maximum atomic E-state index is 4.88. The second-order valence-corrected chi connectivity index (χ2v) is 7.11. The maximum absolute atomic E-state index is 4.88. The Kier molecular flexibility index (Phi) is 2.15. The van der Waals surface area contributed by atoms with Crippen molar-refractivity contribution in [2.75, 3.05) is 0 Å². The summed E-state index contributed by atoms with van der Waals surface area (Å²) < 4.78 is 6.91. The van der Waals surface area contributed by atoms with Gasteiger partial charge < -0.3 is 4.57 Å². The number of fused-ring (bicyclic) bond motifs is 9. The van der Waals surface area contributed by atoms with E-state index in [2.05, 4.69) is 63.5 Å². The number of aryl methyl sites for hydroxylation is 1. The minimum absolute atomic E-state index is 0.976. The van der Waals surface area contributed by atoms with Gasteiger partial charge in [0.1, 0.15) is 0 Å². The molecule has 2 aromatic carbocycles. The quantitative estimate of drug-likeness (QED) is 0.403. The average molecular weight is 328 g/mol. The van der Waals surface area contributed by atoms with E-state index >= 15 is 0 Å². The number of aromatic nitrogens is 4. The van der Waals surface area contributed by atoms with Crippen molar-refractivity contribution in [2.24, 2.45) is 7.05 Å². The molecule has 0 bridgehead atoms. The number of hydrogen-bond donors (Lipinski definition) is 0. The Labute approximate surface area is 140 Å². The fraction of sp³-hybridized carbons (Fsp3) is 0.0526. The Morgan fingerprint density at radius 3 is 2.75 bits per heavy atom. The smallest absolute Gasteiger partial charge is 0.215 e. The Morgan fingerprint density at radius 2 is 1.83 bits per heavy atom. The molecular weight excluding hydrogens is 316 g/mol. The minimum Gasteiger partial charge on any atom is -0.313 e. The molecule has 4 heterocycles. The molecule has 0 amide bonds. The van der Waals surface area contributed by atoms with Crippen molar-refractivity contribution in [1.29, 1.82) is 0 Å². The van der Waals surface area contributed by atoms with E-state index in [4.69, 9.17) is 4.98 Å². The zero-order valence-corrected chi connectivity index (χ0v) is 13.7. The molecule has 24 heavy (non-hydrogen) atoms. The van der Waals surface area contributed by atoms with Crippen molar-refractivity contribution in [3.8, 4) is 0 Å². The number of rotatable bonds is 0. The average Bonchev–Trinajstić information content (AvgIpc) is 3.25. The van der Waals surface area contributed by atoms with Gasteiger partial charge in [-0.3, -0.25) is 9.38 Å². The van der Waals surface area contributed by atoms with E-state index in [1.165, 1.54) is 31.3 Å². The van der Waals surface area contributed by atoms with Crippen molar-refractivity contribution in [3.05, 3.63) is 54.7 Å². The molecule has 6 rings (SSSR count). The van der Waals surface area contributed by atoms with E-state index in [0.717, 1.165) is 16.8 Å². The Morgan fingerprint density at radius 1 is 0.958 bits per heavy atom. The fourth-order valence-corrected chi connectivity index (χ4v) is 4.89. The highest BCUT2D eigenvalue weighted by Crippen LogP contribution is 2.38. The molecule has 4 nitrogen and oxygen atoms in total. The van der Waals surface area contributed by atoms with Crippen LogP contribution in [0.2, 0.25) is 0 Å². The SMILES string of the molecule is Cn1c2ccccc2n2c3c(ccc4c5ncccc5sc43)nc12. The van der Waals surface area contributed by atoms with Gasteiger partial charge in [-0.05, 0) is 36.4 Å². The second-order valence-electron chi connectivity index (χ2n) is 6.06. The molecule has 0 N–H and O–H groups in total. The number of para-hydroxylation sites is 2. The van der Waals surface area contributed by atoms with Gasteiger partial charge in [0.15, 0.2) is 0 Å². The van der Waals surface area contributed by atoms with Gasteiger partial charge in [0.2, 0.25) is 5.78 Å². The summed E-state index contributed by atoms with van der Waals surface area (Å²) in [6, 6.07) is 16.9. The predicted octanol–water partition coefficient (Wildman–Crippen LogP) is 4.74. The molecule has 0 spiro atoms. The number of nitrogens with zero attached hydrogens (tertiary/aromatic N) is 4. The molecule has 114 valence electrons. The first-order valence-corrected chi connectivity index (χ1v) is 8.66. The monoisotopic (exact) mass is 328 g/mol. The Balaban J connectivity index is 1.98. The van der Waals surface area contributed by atoms with E-state index in [-0.39, 0.29) is 0 Å². The van der Waals surface area contributed by atoms with Crippen molar-refractivity contribution in [1.82, 2.24) is 18.9 Å². The fourth-order valence-electron chi connectivity index (χ4n) is 3.70. The first-order valence-electron chi connectivity index (χ1n) is 7.85. The molecular formula is C19H12N4S. The highest BCUT2D eigenvalue weighted by Gasteiger charge is 2.17. The van der Waals surface area contributed by atoms with Gasteiger partial charge in [-0.1, -0.05) is 12.1 Å². The number of pyridine rings is 1. The van der Waals surface area contributed by atoms with Crippen LogP contribution < -0.4 is 0 Å². The highest BCUT2D eigenvalue weighted by molar-refractivity contribution is 7.26. The molecule has 4 aromatic heterocycles. The third-order valence-electron chi connectivity index (χ3n) is 4.78. The minimum atomic E-state index is 0.976. The van der Waals surface area contributed by atoms with Crippen molar-refractivity contribution in [2.45, 2.75) is 0 Å². The van der Waals surface area contributed by atoms with Crippen LogP contribution in [0.25, 0.3) is 48.1 Å². The van der Waals surface area contributed by atoms with E-state index in [0.29, 0.717) is 0 Å². The lowest BCUT2D eigenvalue weighted by atomic mass is 10.2. The second kappa shape index (κ2) is 4.13. The summed E-state index contributed by atoms with van der Waals surface area (Å²) in [5, 5.41) is 1.21. The van der Waals surface area contributed by atoms with Crippen LogP contribution in [0.4, 0.5) is 0 Å². The van der Waals surface area contributed by atoms with Crippen molar-refractivity contribution < 1.29 is 0 Å². The van der Waals surface area contributed by atoms with Gasteiger partial charge in [-0.15, -0.1) is 11.3 Å². The van der Waals surface area contributed by atoms with Gasteiger partial charge in [0.25, 0.3) is 0 Å². The number of benzene rings is 2. The lowest BCUT2D eigenvalue weighted by Gasteiger charge is -1.96. The molecule has 0 saturated heterocycles. The van der Waals surface area contributed by atoms with Crippen LogP contribution in [-0.4, -0.2) is 18.9 Å². The van der Waals surface area contributed by atoms with Crippen LogP contribution in [-0.2, 0) is 7.05 Å². The van der Waals surface area contributed by atoms with Gasteiger partial charge in [0, 0.05) is 18.6 Å². The van der Waals surface area contributed by atoms with Crippen LogP contribution >= 0.6 is 11.3 Å². The Bertz CT molecular complexity index is 1420. The molecule has 6 aromatic rings. The van der Waals surface area contributed by atoms with Gasteiger partial charge >= 0.3 is 0 Å². The molecule has 0 radical (unpaired) electrons.